The van der Waals surface area contributed by atoms with Gasteiger partial charge in [-0.3, -0.25) is 9.59 Å². The minimum atomic E-state index is -4.50. The smallest absolute Gasteiger partial charge is 0.345 e. The normalized spacial score (nSPS) is 14.8. The van der Waals surface area contributed by atoms with Crippen LogP contribution in [0.2, 0.25) is 0 Å². The Morgan fingerprint density at radius 1 is 1.32 bits per heavy atom. The van der Waals surface area contributed by atoms with E-state index in [0.717, 1.165) is 23.1 Å². The van der Waals surface area contributed by atoms with Gasteiger partial charge in [0, 0.05) is 18.3 Å². The van der Waals surface area contributed by atoms with E-state index in [0.29, 0.717) is 24.2 Å². The molecule has 1 aromatic heterocycles. The second kappa shape index (κ2) is 6.83. The maximum absolute atomic E-state index is 12.5. The molecule has 1 aromatic carbocycles. The number of carbonyl (C=O) groups is 2. The lowest BCUT2D eigenvalue weighted by Gasteiger charge is -2.19. The highest BCUT2D eigenvalue weighted by Gasteiger charge is 2.33. The molecule has 2 heterocycles. The molecule has 1 aliphatic rings. The van der Waals surface area contributed by atoms with Crippen molar-refractivity contribution in [2.24, 2.45) is 0 Å². The van der Waals surface area contributed by atoms with E-state index in [1.165, 1.54) is 0 Å². The lowest BCUT2D eigenvalue weighted by atomic mass is 10.1. The summed E-state index contributed by atoms with van der Waals surface area (Å²) in [6.07, 6.45) is -3.33. The summed E-state index contributed by atoms with van der Waals surface area (Å²) in [5.74, 6) is -0.506. The number of halogens is 3. The largest absolute Gasteiger partial charge is 0.434 e. The monoisotopic (exact) mass is 369 g/mol. The van der Waals surface area contributed by atoms with Crippen LogP contribution in [-0.2, 0) is 17.5 Å². The third-order valence-electron chi connectivity index (χ3n) is 3.76. The van der Waals surface area contributed by atoms with Crippen molar-refractivity contribution in [1.82, 2.24) is 10.3 Å². The van der Waals surface area contributed by atoms with Gasteiger partial charge in [0.25, 0.3) is 5.91 Å². The van der Waals surface area contributed by atoms with Gasteiger partial charge < -0.3 is 10.2 Å². The Labute approximate surface area is 145 Å². The first-order valence-corrected chi connectivity index (χ1v) is 8.43. The number of nitrogens with zero attached hydrogens (tertiary/aromatic N) is 2. The van der Waals surface area contributed by atoms with Gasteiger partial charge >= 0.3 is 6.18 Å². The number of alkyl halides is 3. The molecule has 5 nitrogen and oxygen atoms in total. The van der Waals surface area contributed by atoms with Gasteiger partial charge in [-0.2, -0.15) is 13.2 Å². The molecule has 1 N–H and O–H groups in total. The molecule has 1 fully saturated rings. The van der Waals surface area contributed by atoms with Crippen LogP contribution in [0.15, 0.2) is 29.6 Å². The maximum Gasteiger partial charge on any atom is 0.434 e. The van der Waals surface area contributed by atoms with Gasteiger partial charge in [-0.05, 0) is 18.6 Å². The zero-order chi connectivity index (χ0) is 18.0. The van der Waals surface area contributed by atoms with Crippen LogP contribution in [0.4, 0.5) is 18.9 Å². The van der Waals surface area contributed by atoms with Crippen LogP contribution in [0.5, 0.6) is 0 Å². The van der Waals surface area contributed by atoms with Crippen LogP contribution in [-0.4, -0.2) is 23.3 Å². The molecule has 0 atom stereocenters. The molecule has 0 spiro atoms. The summed E-state index contributed by atoms with van der Waals surface area (Å²) in [5, 5.41) is 3.64. The standard InChI is InChI=1S/C16H14F3N3O2S/c17-16(18,19)12-9-25-13(21-12)8-20-15(24)10-4-1-2-5-11(10)22-7-3-6-14(22)23/h1-2,4-5,9H,3,6-8H2,(H,20,24). The number of nitrogens with one attached hydrogen (secondary N) is 1. The molecule has 3 rings (SSSR count). The lowest BCUT2D eigenvalue weighted by molar-refractivity contribution is -0.140. The van der Waals surface area contributed by atoms with Gasteiger partial charge in [-0.1, -0.05) is 12.1 Å². The Morgan fingerprint density at radius 2 is 2.08 bits per heavy atom. The fourth-order valence-electron chi connectivity index (χ4n) is 2.58. The third-order valence-corrected chi connectivity index (χ3v) is 4.60. The average molecular weight is 369 g/mol. The summed E-state index contributed by atoms with van der Waals surface area (Å²) >= 11 is 0.833. The summed E-state index contributed by atoms with van der Waals surface area (Å²) < 4.78 is 37.6. The van der Waals surface area contributed by atoms with E-state index < -0.39 is 17.8 Å². The molecule has 25 heavy (non-hydrogen) atoms. The minimum absolute atomic E-state index is 0.0463. The van der Waals surface area contributed by atoms with Crippen LogP contribution in [0, 0.1) is 0 Å². The number of hydrogen-bond acceptors (Lipinski definition) is 4. The highest BCUT2D eigenvalue weighted by atomic mass is 32.1. The number of para-hydroxylation sites is 1. The number of benzene rings is 1. The summed E-state index contributed by atoms with van der Waals surface area (Å²) in [7, 11) is 0. The molecular formula is C16H14F3N3O2S. The number of hydrogen-bond donors (Lipinski definition) is 1. The van der Waals surface area contributed by atoms with Crippen molar-refractivity contribution in [3.8, 4) is 0 Å². The van der Waals surface area contributed by atoms with Gasteiger partial charge in [-0.25, -0.2) is 4.98 Å². The van der Waals surface area contributed by atoms with Crippen molar-refractivity contribution >= 4 is 28.8 Å². The van der Waals surface area contributed by atoms with Gasteiger partial charge in [-0.15, -0.1) is 11.3 Å². The Bertz CT molecular complexity index is 804. The van der Waals surface area contributed by atoms with Crippen LogP contribution < -0.4 is 10.2 Å². The molecule has 0 unspecified atom stereocenters. The minimum Gasteiger partial charge on any atom is -0.345 e. The lowest BCUT2D eigenvalue weighted by Crippen LogP contribution is -2.29. The first-order valence-electron chi connectivity index (χ1n) is 7.55. The predicted octanol–water partition coefficient (Wildman–Crippen LogP) is 3.22. The molecular weight excluding hydrogens is 355 g/mol. The first kappa shape index (κ1) is 17.4. The van der Waals surface area contributed by atoms with Gasteiger partial charge in [0.2, 0.25) is 5.91 Å². The van der Waals surface area contributed by atoms with E-state index in [9.17, 15) is 22.8 Å². The van der Waals surface area contributed by atoms with Crippen LogP contribution in [0.25, 0.3) is 0 Å². The van der Waals surface area contributed by atoms with E-state index in [4.69, 9.17) is 0 Å². The highest BCUT2D eigenvalue weighted by Crippen LogP contribution is 2.30. The molecule has 0 aliphatic carbocycles. The van der Waals surface area contributed by atoms with Crippen molar-refractivity contribution in [2.45, 2.75) is 25.6 Å². The van der Waals surface area contributed by atoms with Crippen LogP contribution >= 0.6 is 11.3 Å². The van der Waals surface area contributed by atoms with E-state index in [2.05, 4.69) is 10.3 Å². The second-order valence-electron chi connectivity index (χ2n) is 5.47. The Balaban J connectivity index is 1.72. The van der Waals surface area contributed by atoms with Crippen LogP contribution in [0.3, 0.4) is 0 Å². The SMILES string of the molecule is O=C(NCc1nc(C(F)(F)F)cs1)c1ccccc1N1CCCC1=O. The fraction of sp³-hybridized carbons (Fsp3) is 0.312. The number of thiazole rings is 1. The van der Waals surface area contributed by atoms with E-state index in [-0.39, 0.29) is 17.5 Å². The number of aromatic nitrogens is 1. The number of anilines is 1. The zero-order valence-corrected chi connectivity index (χ0v) is 13.8. The van der Waals surface area contributed by atoms with Crippen molar-refractivity contribution in [3.05, 3.63) is 45.9 Å². The summed E-state index contributed by atoms with van der Waals surface area (Å²) in [6, 6.07) is 6.67. The van der Waals surface area contributed by atoms with Gasteiger partial charge in [0.15, 0.2) is 5.69 Å². The molecule has 9 heteroatoms. The number of amides is 2. The molecule has 2 aromatic rings. The Morgan fingerprint density at radius 3 is 2.72 bits per heavy atom. The van der Waals surface area contributed by atoms with Crippen molar-refractivity contribution in [2.75, 3.05) is 11.4 Å². The second-order valence-corrected chi connectivity index (χ2v) is 6.42. The van der Waals surface area contributed by atoms with Gasteiger partial charge in [0.05, 0.1) is 17.8 Å². The third kappa shape index (κ3) is 3.81. The maximum atomic E-state index is 12.5. The van der Waals surface area contributed by atoms with E-state index in [1.54, 1.807) is 29.2 Å². The summed E-state index contributed by atoms with van der Waals surface area (Å²) in [5.41, 5.74) is -0.146. The molecule has 132 valence electrons. The fourth-order valence-corrected chi connectivity index (χ4v) is 3.32. The predicted molar refractivity (Wildman–Crippen MR) is 86.3 cm³/mol. The first-order chi connectivity index (χ1) is 11.9. The van der Waals surface area contributed by atoms with Crippen molar-refractivity contribution < 1.29 is 22.8 Å². The number of rotatable bonds is 4. The molecule has 0 bridgehead atoms. The Hall–Kier alpha value is -2.42. The average Bonchev–Trinajstić information content (AvgIpc) is 3.21. The molecule has 0 saturated carbocycles. The molecule has 1 saturated heterocycles. The van der Waals surface area contributed by atoms with Crippen molar-refractivity contribution in [3.63, 3.8) is 0 Å². The van der Waals surface area contributed by atoms with Crippen molar-refractivity contribution in [1.29, 1.82) is 0 Å². The highest BCUT2D eigenvalue weighted by molar-refractivity contribution is 7.09. The Kier molecular flexibility index (Phi) is 4.76. The van der Waals surface area contributed by atoms with E-state index >= 15 is 0 Å². The van der Waals surface area contributed by atoms with E-state index in [1.807, 2.05) is 0 Å². The van der Waals surface area contributed by atoms with Gasteiger partial charge in [0.1, 0.15) is 5.01 Å². The topological polar surface area (TPSA) is 62.3 Å². The zero-order valence-electron chi connectivity index (χ0n) is 13.0. The molecule has 0 radical (unpaired) electrons. The quantitative estimate of drug-likeness (QED) is 0.900. The summed E-state index contributed by atoms with van der Waals surface area (Å²) in [6.45, 7) is 0.437. The number of carbonyl (C=O) groups excluding carboxylic acids is 2. The molecule has 1 aliphatic heterocycles. The van der Waals surface area contributed by atoms with Crippen LogP contribution in [0.1, 0.15) is 33.9 Å². The molecule has 2 amide bonds. The summed E-state index contributed by atoms with van der Waals surface area (Å²) in [4.78, 5) is 29.3.